The van der Waals surface area contributed by atoms with E-state index in [9.17, 15) is 9.59 Å². The molecule has 1 amide bonds. The third-order valence-electron chi connectivity index (χ3n) is 5.08. The van der Waals surface area contributed by atoms with Gasteiger partial charge in [0.1, 0.15) is 29.2 Å². The third-order valence-corrected chi connectivity index (χ3v) is 5.08. The van der Waals surface area contributed by atoms with Gasteiger partial charge in [-0.1, -0.05) is 41.6 Å². The molecular weight excluding hydrogens is 384 g/mol. The molecule has 8 nitrogen and oxygen atoms in total. The van der Waals surface area contributed by atoms with E-state index in [0.717, 1.165) is 11.1 Å². The molecule has 1 saturated heterocycles. The van der Waals surface area contributed by atoms with Crippen molar-refractivity contribution in [2.24, 2.45) is 0 Å². The lowest BCUT2D eigenvalue weighted by atomic mass is 10.1. The molecule has 8 heteroatoms. The average Bonchev–Trinajstić information content (AvgIpc) is 3.20. The van der Waals surface area contributed by atoms with Gasteiger partial charge in [0, 0.05) is 18.5 Å². The molecule has 0 aliphatic carbocycles. The minimum Gasteiger partial charge on any atom is -0.487 e. The fraction of sp³-hybridized carbons (Fsp3) is 0.182. The molecule has 3 heterocycles. The monoisotopic (exact) mass is 402 g/mol. The number of likely N-dealkylation sites (tertiary alicyclic amines) is 1. The lowest BCUT2D eigenvalue weighted by Crippen LogP contribution is -2.51. The van der Waals surface area contributed by atoms with E-state index in [4.69, 9.17) is 9.15 Å². The number of ether oxygens (including phenoxy) is 1. The van der Waals surface area contributed by atoms with Crippen molar-refractivity contribution in [3.63, 3.8) is 0 Å². The number of amides is 1. The first kappa shape index (κ1) is 18.1. The van der Waals surface area contributed by atoms with Crippen LogP contribution in [0.15, 0.2) is 76.1 Å². The Hall–Kier alpha value is -3.94. The van der Waals surface area contributed by atoms with Gasteiger partial charge in [0.2, 0.25) is 0 Å². The van der Waals surface area contributed by atoms with Crippen LogP contribution in [-0.2, 0) is 6.61 Å². The molecule has 30 heavy (non-hydrogen) atoms. The molecule has 0 unspecified atom stereocenters. The van der Waals surface area contributed by atoms with Crippen molar-refractivity contribution < 1.29 is 13.9 Å². The quantitative estimate of drug-likeness (QED) is 0.477. The second-order valence-corrected chi connectivity index (χ2v) is 7.14. The van der Waals surface area contributed by atoms with E-state index in [1.54, 1.807) is 27.8 Å². The summed E-state index contributed by atoms with van der Waals surface area (Å²) < 4.78 is 12.7. The van der Waals surface area contributed by atoms with Crippen molar-refractivity contribution in [3.8, 4) is 5.75 Å². The number of nitrogens with zero attached hydrogens (tertiary/aromatic N) is 4. The van der Waals surface area contributed by atoms with Crippen LogP contribution in [0.4, 0.5) is 0 Å². The summed E-state index contributed by atoms with van der Waals surface area (Å²) in [5.74, 6) is 0.431. The SMILES string of the molecule is O=C(c1cc2ccccc2oc1=O)N1CC(n2cc(COc3ccccc3)nn2)C1. The van der Waals surface area contributed by atoms with Gasteiger partial charge >= 0.3 is 5.63 Å². The molecular formula is C22H18N4O4. The second-order valence-electron chi connectivity index (χ2n) is 7.14. The number of rotatable bonds is 5. The van der Waals surface area contributed by atoms with Gasteiger partial charge in [-0.15, -0.1) is 5.10 Å². The molecule has 0 atom stereocenters. The van der Waals surface area contributed by atoms with Gasteiger partial charge in [0.05, 0.1) is 12.2 Å². The molecule has 4 aromatic rings. The molecule has 2 aromatic carbocycles. The van der Waals surface area contributed by atoms with Crippen molar-refractivity contribution in [2.75, 3.05) is 13.1 Å². The van der Waals surface area contributed by atoms with E-state index in [0.29, 0.717) is 31.0 Å². The number of benzene rings is 2. The van der Waals surface area contributed by atoms with Crippen LogP contribution >= 0.6 is 0 Å². The number of hydrogen-bond acceptors (Lipinski definition) is 6. The predicted molar refractivity (Wildman–Crippen MR) is 108 cm³/mol. The molecule has 0 spiro atoms. The standard InChI is InChI=1S/C22H18N4O4/c27-21(19-10-15-6-4-5-9-20(15)30-22(19)28)25-12-17(13-25)26-11-16(23-24-26)14-29-18-7-2-1-3-8-18/h1-11,17H,12-14H2. The van der Waals surface area contributed by atoms with Gasteiger partial charge in [-0.25, -0.2) is 9.48 Å². The Bertz CT molecular complexity index is 1260. The summed E-state index contributed by atoms with van der Waals surface area (Å²) >= 11 is 0. The van der Waals surface area contributed by atoms with Crippen LogP contribution in [0.25, 0.3) is 11.0 Å². The second kappa shape index (κ2) is 7.47. The summed E-state index contributed by atoms with van der Waals surface area (Å²) in [4.78, 5) is 26.5. The van der Waals surface area contributed by atoms with Crippen LogP contribution in [-0.4, -0.2) is 38.9 Å². The summed E-state index contributed by atoms with van der Waals surface area (Å²) in [6.45, 7) is 1.22. The Labute approximate surface area is 171 Å². The van der Waals surface area contributed by atoms with Crippen molar-refractivity contribution >= 4 is 16.9 Å². The molecule has 0 bridgehead atoms. The Morgan fingerprint density at radius 3 is 2.70 bits per heavy atom. The number of para-hydroxylation sites is 2. The van der Waals surface area contributed by atoms with Gasteiger partial charge in [0.15, 0.2) is 0 Å². The van der Waals surface area contributed by atoms with Crippen molar-refractivity contribution in [2.45, 2.75) is 12.6 Å². The van der Waals surface area contributed by atoms with E-state index in [1.165, 1.54) is 0 Å². The van der Waals surface area contributed by atoms with Gasteiger partial charge in [-0.05, 0) is 24.3 Å². The molecule has 0 N–H and O–H groups in total. The molecule has 0 saturated carbocycles. The smallest absolute Gasteiger partial charge is 0.349 e. The zero-order chi connectivity index (χ0) is 20.5. The van der Waals surface area contributed by atoms with Crippen LogP contribution in [0.1, 0.15) is 22.1 Å². The fourth-order valence-electron chi connectivity index (χ4n) is 3.40. The van der Waals surface area contributed by atoms with Crippen LogP contribution in [0.2, 0.25) is 0 Å². The normalized spacial score (nSPS) is 13.9. The maximum absolute atomic E-state index is 12.7. The van der Waals surface area contributed by atoms with E-state index >= 15 is 0 Å². The van der Waals surface area contributed by atoms with Crippen LogP contribution in [0, 0.1) is 0 Å². The van der Waals surface area contributed by atoms with E-state index < -0.39 is 5.63 Å². The van der Waals surface area contributed by atoms with Crippen molar-refractivity contribution in [1.29, 1.82) is 0 Å². The Morgan fingerprint density at radius 2 is 1.87 bits per heavy atom. The lowest BCUT2D eigenvalue weighted by Gasteiger charge is -2.38. The first-order valence-electron chi connectivity index (χ1n) is 9.58. The lowest BCUT2D eigenvalue weighted by molar-refractivity contribution is 0.0494. The molecule has 150 valence electrons. The maximum Gasteiger partial charge on any atom is 0.349 e. The van der Waals surface area contributed by atoms with E-state index in [1.807, 2.05) is 48.7 Å². The summed E-state index contributed by atoms with van der Waals surface area (Å²) in [6.07, 6.45) is 1.82. The summed E-state index contributed by atoms with van der Waals surface area (Å²) in [5.41, 5.74) is 0.596. The number of carbonyl (C=O) groups excluding carboxylic acids is 1. The van der Waals surface area contributed by atoms with Crippen LogP contribution in [0.5, 0.6) is 5.75 Å². The number of aromatic nitrogens is 3. The Balaban J connectivity index is 1.22. The topological polar surface area (TPSA) is 90.5 Å². The summed E-state index contributed by atoms with van der Waals surface area (Å²) in [6, 6.07) is 18.2. The fourth-order valence-corrected chi connectivity index (χ4v) is 3.40. The molecule has 0 radical (unpaired) electrons. The predicted octanol–water partition coefficient (Wildman–Crippen LogP) is 2.66. The van der Waals surface area contributed by atoms with Gasteiger partial charge < -0.3 is 14.1 Å². The molecule has 1 aliphatic rings. The largest absolute Gasteiger partial charge is 0.487 e. The minimum absolute atomic E-state index is 0.0134. The first-order chi connectivity index (χ1) is 14.7. The van der Waals surface area contributed by atoms with Crippen LogP contribution < -0.4 is 10.4 Å². The molecule has 1 aliphatic heterocycles. The highest BCUT2D eigenvalue weighted by Crippen LogP contribution is 2.23. The number of fused-ring (bicyclic) bond motifs is 1. The van der Waals surface area contributed by atoms with Gasteiger partial charge in [-0.3, -0.25) is 4.79 Å². The van der Waals surface area contributed by atoms with Crippen molar-refractivity contribution in [1.82, 2.24) is 19.9 Å². The van der Waals surface area contributed by atoms with Crippen LogP contribution in [0.3, 0.4) is 0 Å². The van der Waals surface area contributed by atoms with Gasteiger partial charge in [0.25, 0.3) is 5.91 Å². The highest BCUT2D eigenvalue weighted by molar-refractivity contribution is 5.97. The number of hydrogen-bond donors (Lipinski definition) is 0. The average molecular weight is 402 g/mol. The minimum atomic E-state index is -0.622. The Morgan fingerprint density at radius 1 is 1.10 bits per heavy atom. The van der Waals surface area contributed by atoms with E-state index in [2.05, 4.69) is 10.3 Å². The third kappa shape index (κ3) is 3.43. The maximum atomic E-state index is 12.7. The number of carbonyl (C=O) groups is 1. The highest BCUT2D eigenvalue weighted by atomic mass is 16.5. The summed E-state index contributed by atoms with van der Waals surface area (Å²) in [7, 11) is 0. The molecule has 5 rings (SSSR count). The van der Waals surface area contributed by atoms with E-state index in [-0.39, 0.29) is 17.5 Å². The van der Waals surface area contributed by atoms with Crippen molar-refractivity contribution in [3.05, 3.63) is 88.5 Å². The summed E-state index contributed by atoms with van der Waals surface area (Å²) in [5, 5.41) is 8.99. The Kier molecular flexibility index (Phi) is 4.51. The highest BCUT2D eigenvalue weighted by Gasteiger charge is 2.34. The zero-order valence-corrected chi connectivity index (χ0v) is 16.0. The van der Waals surface area contributed by atoms with Gasteiger partial charge in [-0.2, -0.15) is 0 Å². The molecule has 1 fully saturated rings. The first-order valence-corrected chi connectivity index (χ1v) is 9.58. The molecule has 2 aromatic heterocycles. The zero-order valence-electron chi connectivity index (χ0n) is 16.0.